The molecule has 1 atom stereocenters. The molecule has 2 aromatic heterocycles. The number of nitrogens with zero attached hydrogens (tertiary/aromatic N) is 5. The molecule has 0 aliphatic carbocycles. The quantitative estimate of drug-likeness (QED) is 0.713. The lowest BCUT2D eigenvalue weighted by Crippen LogP contribution is -2.43. The van der Waals surface area contributed by atoms with Crippen LogP contribution < -0.4 is 0 Å². The van der Waals surface area contributed by atoms with Crippen LogP contribution >= 0.6 is 0 Å². The van der Waals surface area contributed by atoms with E-state index in [9.17, 15) is 0 Å². The van der Waals surface area contributed by atoms with Gasteiger partial charge in [0, 0.05) is 24.7 Å². The van der Waals surface area contributed by atoms with Gasteiger partial charge in [0.2, 0.25) is 0 Å². The molecular weight excluding hydrogens is 306 g/mol. The zero-order valence-electron chi connectivity index (χ0n) is 13.3. The van der Waals surface area contributed by atoms with Gasteiger partial charge in [0.1, 0.15) is 18.3 Å². The third-order valence-corrected chi connectivity index (χ3v) is 4.09. The lowest BCUT2D eigenvalue weighted by atomic mass is 10.1. The zero-order valence-corrected chi connectivity index (χ0v) is 13.3. The van der Waals surface area contributed by atoms with Crippen LogP contribution in [-0.2, 0) is 17.8 Å². The summed E-state index contributed by atoms with van der Waals surface area (Å²) in [6, 6.07) is 12.1. The van der Waals surface area contributed by atoms with Crippen LogP contribution in [0.1, 0.15) is 5.76 Å². The predicted octanol–water partition coefficient (Wildman–Crippen LogP) is 1.83. The Bertz CT molecular complexity index is 756. The van der Waals surface area contributed by atoms with Crippen LogP contribution in [0.2, 0.25) is 0 Å². The van der Waals surface area contributed by atoms with Crippen LogP contribution in [0.15, 0.2) is 53.6 Å². The van der Waals surface area contributed by atoms with Crippen molar-refractivity contribution in [3.05, 3.63) is 54.8 Å². The topological polar surface area (TPSA) is 69.2 Å². The molecule has 3 aromatic rings. The molecule has 124 valence electrons. The summed E-state index contributed by atoms with van der Waals surface area (Å²) in [4.78, 5) is 6.29. The van der Waals surface area contributed by atoms with Crippen LogP contribution in [0, 0.1) is 0 Å². The molecule has 0 radical (unpaired) electrons. The number of hydrogen-bond donors (Lipinski definition) is 0. The van der Waals surface area contributed by atoms with E-state index in [2.05, 4.69) is 20.1 Å². The molecule has 0 spiro atoms. The molecule has 1 fully saturated rings. The van der Waals surface area contributed by atoms with Gasteiger partial charge in [-0.25, -0.2) is 4.98 Å². The van der Waals surface area contributed by atoms with Gasteiger partial charge in [-0.2, -0.15) is 5.10 Å². The van der Waals surface area contributed by atoms with E-state index in [1.165, 1.54) is 0 Å². The standard InChI is InChI=1S/C17H19N5O2/c1-2-4-14(5-3-1)17-8-15(24-20-17)9-21-6-7-23-16(10-21)11-22-13-18-12-19-22/h1-5,8,12-13,16H,6-7,9-11H2/t16-/m1/s1. The highest BCUT2D eigenvalue weighted by Gasteiger charge is 2.22. The average Bonchev–Trinajstić information content (AvgIpc) is 3.28. The molecule has 3 heterocycles. The summed E-state index contributed by atoms with van der Waals surface area (Å²) in [6.45, 7) is 3.87. The Morgan fingerprint density at radius 1 is 1.21 bits per heavy atom. The summed E-state index contributed by atoms with van der Waals surface area (Å²) in [5.41, 5.74) is 1.94. The molecule has 0 bridgehead atoms. The summed E-state index contributed by atoms with van der Waals surface area (Å²) in [7, 11) is 0. The maximum atomic E-state index is 5.82. The van der Waals surface area contributed by atoms with Crippen molar-refractivity contribution in [3.8, 4) is 11.3 Å². The van der Waals surface area contributed by atoms with Gasteiger partial charge in [0.25, 0.3) is 0 Å². The molecule has 1 saturated heterocycles. The first-order valence-electron chi connectivity index (χ1n) is 8.04. The zero-order chi connectivity index (χ0) is 16.2. The number of rotatable bonds is 5. The highest BCUT2D eigenvalue weighted by atomic mass is 16.5. The first-order chi connectivity index (χ1) is 11.9. The van der Waals surface area contributed by atoms with Gasteiger partial charge >= 0.3 is 0 Å². The Morgan fingerprint density at radius 3 is 2.96 bits per heavy atom. The van der Waals surface area contributed by atoms with E-state index in [4.69, 9.17) is 9.26 Å². The van der Waals surface area contributed by atoms with Crippen LogP contribution in [0.25, 0.3) is 11.3 Å². The molecule has 0 amide bonds. The molecule has 1 aliphatic heterocycles. The van der Waals surface area contributed by atoms with E-state index in [1.807, 2.05) is 36.4 Å². The fourth-order valence-corrected chi connectivity index (χ4v) is 2.92. The Balaban J connectivity index is 1.37. The largest absolute Gasteiger partial charge is 0.374 e. The fraction of sp³-hybridized carbons (Fsp3) is 0.353. The maximum absolute atomic E-state index is 5.82. The Morgan fingerprint density at radius 2 is 2.12 bits per heavy atom. The third-order valence-electron chi connectivity index (χ3n) is 4.09. The average molecular weight is 325 g/mol. The second kappa shape index (κ2) is 6.94. The van der Waals surface area contributed by atoms with Crippen LogP contribution in [-0.4, -0.2) is 50.6 Å². The number of hydrogen-bond acceptors (Lipinski definition) is 6. The van der Waals surface area contributed by atoms with Gasteiger partial charge in [-0.3, -0.25) is 9.58 Å². The maximum Gasteiger partial charge on any atom is 0.151 e. The van der Waals surface area contributed by atoms with Crippen molar-refractivity contribution in [2.24, 2.45) is 0 Å². The fourth-order valence-electron chi connectivity index (χ4n) is 2.92. The van der Waals surface area contributed by atoms with Crippen molar-refractivity contribution in [2.75, 3.05) is 19.7 Å². The molecule has 7 nitrogen and oxygen atoms in total. The molecule has 0 saturated carbocycles. The number of aromatic nitrogens is 4. The van der Waals surface area contributed by atoms with Gasteiger partial charge in [-0.05, 0) is 0 Å². The molecule has 4 rings (SSSR count). The Kier molecular flexibility index (Phi) is 4.35. The molecular formula is C17H19N5O2. The van der Waals surface area contributed by atoms with E-state index < -0.39 is 0 Å². The SMILES string of the molecule is c1ccc(-c2cc(CN3CCO[C@@H](Cn4cncn4)C3)on2)cc1. The van der Waals surface area contributed by atoms with Gasteiger partial charge in [0.15, 0.2) is 5.76 Å². The number of benzene rings is 1. The van der Waals surface area contributed by atoms with E-state index >= 15 is 0 Å². The van der Waals surface area contributed by atoms with Crippen molar-refractivity contribution in [3.63, 3.8) is 0 Å². The summed E-state index contributed by atoms with van der Waals surface area (Å²) < 4.78 is 13.1. The summed E-state index contributed by atoms with van der Waals surface area (Å²) in [5.74, 6) is 0.871. The third kappa shape index (κ3) is 3.52. The highest BCUT2D eigenvalue weighted by molar-refractivity contribution is 5.58. The van der Waals surface area contributed by atoms with Gasteiger partial charge in [-0.15, -0.1) is 0 Å². The molecule has 0 N–H and O–H groups in total. The van der Waals surface area contributed by atoms with Gasteiger partial charge < -0.3 is 9.26 Å². The number of morpholine rings is 1. The lowest BCUT2D eigenvalue weighted by Gasteiger charge is -2.32. The minimum absolute atomic E-state index is 0.108. The number of ether oxygens (including phenoxy) is 1. The Labute approximate surface area is 139 Å². The van der Waals surface area contributed by atoms with Crippen LogP contribution in [0.3, 0.4) is 0 Å². The first kappa shape index (κ1) is 15.0. The molecule has 7 heteroatoms. The Hall–Kier alpha value is -2.51. The summed E-state index contributed by atoms with van der Waals surface area (Å²) in [6.07, 6.45) is 3.36. The smallest absolute Gasteiger partial charge is 0.151 e. The van der Waals surface area contributed by atoms with E-state index in [0.29, 0.717) is 13.2 Å². The summed E-state index contributed by atoms with van der Waals surface area (Å²) in [5, 5.41) is 8.31. The van der Waals surface area contributed by atoms with Gasteiger partial charge in [0.05, 0.1) is 25.8 Å². The molecule has 24 heavy (non-hydrogen) atoms. The monoisotopic (exact) mass is 325 g/mol. The normalized spacial score (nSPS) is 18.8. The van der Waals surface area contributed by atoms with E-state index in [1.54, 1.807) is 17.3 Å². The molecule has 1 aliphatic rings. The second-order valence-corrected chi connectivity index (χ2v) is 5.89. The van der Waals surface area contributed by atoms with Crippen molar-refractivity contribution >= 4 is 0 Å². The lowest BCUT2D eigenvalue weighted by molar-refractivity contribution is -0.0422. The van der Waals surface area contributed by atoms with Crippen LogP contribution in [0.5, 0.6) is 0 Å². The minimum Gasteiger partial charge on any atom is -0.374 e. The minimum atomic E-state index is 0.108. The summed E-state index contributed by atoms with van der Waals surface area (Å²) >= 11 is 0. The second-order valence-electron chi connectivity index (χ2n) is 5.89. The van der Waals surface area contributed by atoms with E-state index in [0.717, 1.165) is 36.7 Å². The van der Waals surface area contributed by atoms with Crippen LogP contribution in [0.4, 0.5) is 0 Å². The van der Waals surface area contributed by atoms with Crippen molar-refractivity contribution in [1.29, 1.82) is 0 Å². The van der Waals surface area contributed by atoms with Gasteiger partial charge in [-0.1, -0.05) is 35.5 Å². The van der Waals surface area contributed by atoms with Crippen molar-refractivity contribution in [2.45, 2.75) is 19.2 Å². The molecule has 1 aromatic carbocycles. The highest BCUT2D eigenvalue weighted by Crippen LogP contribution is 2.20. The van der Waals surface area contributed by atoms with Crippen molar-refractivity contribution < 1.29 is 9.26 Å². The predicted molar refractivity (Wildman–Crippen MR) is 87.0 cm³/mol. The van der Waals surface area contributed by atoms with E-state index in [-0.39, 0.29) is 6.10 Å². The van der Waals surface area contributed by atoms with Crippen molar-refractivity contribution in [1.82, 2.24) is 24.8 Å². The first-order valence-corrected chi connectivity index (χ1v) is 8.04. The molecule has 0 unspecified atom stereocenters.